The summed E-state index contributed by atoms with van der Waals surface area (Å²) in [7, 11) is 4.81. The van der Waals surface area contributed by atoms with Crippen LogP contribution in [0.3, 0.4) is 0 Å². The summed E-state index contributed by atoms with van der Waals surface area (Å²) in [5.74, 6) is 1.65. The van der Waals surface area contributed by atoms with E-state index in [-0.39, 0.29) is 5.75 Å². The summed E-state index contributed by atoms with van der Waals surface area (Å²) in [6, 6.07) is 3.70. The van der Waals surface area contributed by atoms with Gasteiger partial charge in [0.25, 0.3) is 0 Å². The Hall–Kier alpha value is -1.14. The van der Waals surface area contributed by atoms with Gasteiger partial charge in [-0.3, -0.25) is 0 Å². The molecule has 0 unspecified atom stereocenters. The third-order valence-corrected chi connectivity index (χ3v) is 3.87. The first-order valence-electron chi connectivity index (χ1n) is 6.15. The standard InChI is InChI=1S/C13H19ClO5S/c1-10-8-11(17-2)13(12(9-10)18-3)19-6-4-5-7-20(14,15)16/h8-9H,4-7H2,1-3H3. The van der Waals surface area contributed by atoms with Crippen LogP contribution in [0.4, 0.5) is 0 Å². The summed E-state index contributed by atoms with van der Waals surface area (Å²) in [6.07, 6.45) is 1.02. The van der Waals surface area contributed by atoms with Gasteiger partial charge in [0.1, 0.15) is 0 Å². The summed E-state index contributed by atoms with van der Waals surface area (Å²) < 4.78 is 37.7. The number of benzene rings is 1. The second-order valence-corrected chi connectivity index (χ2v) is 7.19. The van der Waals surface area contributed by atoms with Gasteiger partial charge in [-0.15, -0.1) is 0 Å². The van der Waals surface area contributed by atoms with Crippen molar-refractivity contribution in [3.63, 3.8) is 0 Å². The minimum atomic E-state index is -3.43. The van der Waals surface area contributed by atoms with Crippen molar-refractivity contribution in [1.29, 1.82) is 0 Å². The largest absolute Gasteiger partial charge is 0.493 e. The maximum atomic E-state index is 10.8. The van der Waals surface area contributed by atoms with Crippen molar-refractivity contribution in [2.75, 3.05) is 26.6 Å². The van der Waals surface area contributed by atoms with Crippen molar-refractivity contribution in [3.05, 3.63) is 17.7 Å². The Kier molecular flexibility index (Phi) is 6.42. The van der Waals surface area contributed by atoms with Crippen LogP contribution in [0, 0.1) is 6.92 Å². The molecule has 0 bridgehead atoms. The molecule has 0 saturated carbocycles. The Morgan fingerprint density at radius 2 is 1.65 bits per heavy atom. The average Bonchev–Trinajstić information content (AvgIpc) is 2.37. The molecule has 7 heteroatoms. The maximum absolute atomic E-state index is 10.8. The van der Waals surface area contributed by atoms with E-state index in [0.717, 1.165) is 5.56 Å². The van der Waals surface area contributed by atoms with Crippen LogP contribution in [-0.4, -0.2) is 35.0 Å². The molecule has 0 spiro atoms. The number of rotatable bonds is 8. The van der Waals surface area contributed by atoms with Crippen LogP contribution < -0.4 is 14.2 Å². The van der Waals surface area contributed by atoms with Gasteiger partial charge >= 0.3 is 0 Å². The van der Waals surface area contributed by atoms with Gasteiger partial charge in [0.15, 0.2) is 11.5 Å². The molecule has 1 aromatic rings. The molecule has 1 rings (SSSR count). The van der Waals surface area contributed by atoms with E-state index in [2.05, 4.69) is 0 Å². The molecule has 0 N–H and O–H groups in total. The molecule has 0 radical (unpaired) electrons. The summed E-state index contributed by atoms with van der Waals surface area (Å²) in [6.45, 7) is 2.29. The first kappa shape index (κ1) is 16.9. The molecule has 0 aromatic heterocycles. The SMILES string of the molecule is COc1cc(C)cc(OC)c1OCCCCS(=O)(=O)Cl. The second-order valence-electron chi connectivity index (χ2n) is 4.30. The van der Waals surface area contributed by atoms with Gasteiger partial charge in [0.05, 0.1) is 26.6 Å². The molecule has 0 aliphatic carbocycles. The number of methoxy groups -OCH3 is 2. The zero-order valence-corrected chi connectivity index (χ0v) is 13.4. The van der Waals surface area contributed by atoms with E-state index in [4.69, 9.17) is 24.9 Å². The quantitative estimate of drug-likeness (QED) is 0.544. The fourth-order valence-electron chi connectivity index (χ4n) is 1.70. The molecule has 1 aromatic carbocycles. The highest BCUT2D eigenvalue weighted by molar-refractivity contribution is 8.13. The molecule has 5 nitrogen and oxygen atoms in total. The summed E-state index contributed by atoms with van der Waals surface area (Å²) in [5.41, 5.74) is 0.999. The molecular weight excluding hydrogens is 304 g/mol. The third kappa shape index (κ3) is 5.46. The fourth-order valence-corrected chi connectivity index (χ4v) is 2.58. The third-order valence-electron chi connectivity index (χ3n) is 2.63. The number of unbranched alkanes of at least 4 members (excludes halogenated alkanes) is 1. The van der Waals surface area contributed by atoms with E-state index >= 15 is 0 Å². The van der Waals surface area contributed by atoms with E-state index in [1.165, 1.54) is 0 Å². The fraction of sp³-hybridized carbons (Fsp3) is 0.538. The minimum Gasteiger partial charge on any atom is -0.493 e. The molecule has 0 saturated heterocycles. The van der Waals surface area contributed by atoms with Gasteiger partial charge < -0.3 is 14.2 Å². The van der Waals surface area contributed by atoms with Gasteiger partial charge in [0.2, 0.25) is 14.8 Å². The molecular formula is C13H19ClO5S. The van der Waals surface area contributed by atoms with Gasteiger partial charge in [-0.25, -0.2) is 8.42 Å². The van der Waals surface area contributed by atoms with Gasteiger partial charge in [0, 0.05) is 10.7 Å². The first-order chi connectivity index (χ1) is 9.37. The lowest BCUT2D eigenvalue weighted by molar-refractivity contribution is 0.270. The average molecular weight is 323 g/mol. The number of aryl methyl sites for hydroxylation is 1. The van der Waals surface area contributed by atoms with Crippen LogP contribution in [0.1, 0.15) is 18.4 Å². The van der Waals surface area contributed by atoms with Crippen molar-refractivity contribution in [1.82, 2.24) is 0 Å². The lowest BCUT2D eigenvalue weighted by atomic mass is 10.2. The molecule has 0 atom stereocenters. The van der Waals surface area contributed by atoms with Crippen LogP contribution in [-0.2, 0) is 9.05 Å². The van der Waals surface area contributed by atoms with Gasteiger partial charge in [-0.05, 0) is 37.5 Å². The second kappa shape index (κ2) is 7.59. The minimum absolute atomic E-state index is 0.0555. The predicted molar refractivity (Wildman–Crippen MR) is 78.7 cm³/mol. The molecule has 0 aliphatic rings. The van der Waals surface area contributed by atoms with Crippen LogP contribution in [0.5, 0.6) is 17.2 Å². The van der Waals surface area contributed by atoms with E-state index in [9.17, 15) is 8.42 Å². The lowest BCUT2D eigenvalue weighted by Crippen LogP contribution is -2.04. The van der Waals surface area contributed by atoms with Crippen LogP contribution in [0.25, 0.3) is 0 Å². The number of halogens is 1. The summed E-state index contributed by atoms with van der Waals surface area (Å²) in [5, 5.41) is 0. The van der Waals surface area contributed by atoms with Gasteiger partial charge in [-0.1, -0.05) is 0 Å². The van der Waals surface area contributed by atoms with Gasteiger partial charge in [-0.2, -0.15) is 0 Å². The van der Waals surface area contributed by atoms with E-state index in [0.29, 0.717) is 36.7 Å². The van der Waals surface area contributed by atoms with Crippen LogP contribution in [0.2, 0.25) is 0 Å². The smallest absolute Gasteiger partial charge is 0.232 e. The number of hydrogen-bond donors (Lipinski definition) is 0. The van der Waals surface area contributed by atoms with Crippen molar-refractivity contribution in [3.8, 4) is 17.2 Å². The van der Waals surface area contributed by atoms with Crippen molar-refractivity contribution >= 4 is 19.7 Å². The predicted octanol–water partition coefficient (Wildman–Crippen LogP) is 2.74. The van der Waals surface area contributed by atoms with E-state index < -0.39 is 9.05 Å². The van der Waals surface area contributed by atoms with E-state index in [1.54, 1.807) is 14.2 Å². The molecule has 0 heterocycles. The number of ether oxygens (including phenoxy) is 3. The van der Waals surface area contributed by atoms with Crippen LogP contribution >= 0.6 is 10.7 Å². The zero-order valence-electron chi connectivity index (χ0n) is 11.8. The monoisotopic (exact) mass is 322 g/mol. The van der Waals surface area contributed by atoms with Crippen LogP contribution in [0.15, 0.2) is 12.1 Å². The molecule has 0 amide bonds. The molecule has 0 aliphatic heterocycles. The normalized spacial score (nSPS) is 11.2. The molecule has 20 heavy (non-hydrogen) atoms. The Morgan fingerprint density at radius 3 is 2.10 bits per heavy atom. The van der Waals surface area contributed by atoms with E-state index in [1.807, 2.05) is 19.1 Å². The number of hydrogen-bond acceptors (Lipinski definition) is 5. The van der Waals surface area contributed by atoms with Crippen molar-refractivity contribution in [2.24, 2.45) is 0 Å². The zero-order chi connectivity index (χ0) is 15.2. The lowest BCUT2D eigenvalue weighted by Gasteiger charge is -2.15. The molecule has 0 fully saturated rings. The van der Waals surface area contributed by atoms with Crippen molar-refractivity contribution < 1.29 is 22.6 Å². The highest BCUT2D eigenvalue weighted by Crippen LogP contribution is 2.38. The first-order valence-corrected chi connectivity index (χ1v) is 8.63. The molecule has 114 valence electrons. The summed E-state index contributed by atoms with van der Waals surface area (Å²) in [4.78, 5) is 0. The highest BCUT2D eigenvalue weighted by atomic mass is 35.7. The highest BCUT2D eigenvalue weighted by Gasteiger charge is 2.13. The Morgan fingerprint density at radius 1 is 1.10 bits per heavy atom. The topological polar surface area (TPSA) is 61.8 Å². The summed E-state index contributed by atoms with van der Waals surface area (Å²) >= 11 is 0. The maximum Gasteiger partial charge on any atom is 0.232 e. The Balaban J connectivity index is 2.63. The Labute approximate surface area is 124 Å². The van der Waals surface area contributed by atoms with Crippen molar-refractivity contribution in [2.45, 2.75) is 19.8 Å². The Bertz CT molecular complexity index is 517.